The first-order valence-corrected chi connectivity index (χ1v) is 14.3. The number of hydrogen-bond donors (Lipinski definition) is 7. The van der Waals surface area contributed by atoms with Crippen LogP contribution in [0.15, 0.2) is 53.4 Å². The Morgan fingerprint density at radius 1 is 1.07 bits per heavy atom. The normalized spacial score (nSPS) is 15.7. The Labute approximate surface area is 232 Å². The van der Waals surface area contributed by atoms with Crippen LogP contribution >= 0.6 is 0 Å². The monoisotopic (exact) mass is 570 g/mol. The van der Waals surface area contributed by atoms with E-state index in [-0.39, 0.29) is 34.4 Å². The highest BCUT2D eigenvalue weighted by Crippen LogP contribution is 2.24. The number of amidine groups is 1. The second-order valence-corrected chi connectivity index (χ2v) is 11.4. The molecule has 1 heterocycles. The number of nitrogens with zero attached hydrogens (tertiary/aromatic N) is 1. The van der Waals surface area contributed by atoms with E-state index in [2.05, 4.69) is 10.6 Å². The van der Waals surface area contributed by atoms with Gasteiger partial charge in [0.25, 0.3) is 5.91 Å². The first-order chi connectivity index (χ1) is 18.9. The van der Waals surface area contributed by atoms with Crippen molar-refractivity contribution in [1.82, 2.24) is 15.5 Å². The highest BCUT2D eigenvalue weighted by Gasteiger charge is 2.37. The van der Waals surface area contributed by atoms with Crippen molar-refractivity contribution in [3.05, 3.63) is 65.2 Å². The van der Waals surface area contributed by atoms with Gasteiger partial charge in [-0.15, -0.1) is 0 Å². The fraction of sp³-hybridized carbons (Fsp3) is 0.346. The van der Waals surface area contributed by atoms with Crippen molar-refractivity contribution < 1.29 is 22.8 Å². The summed E-state index contributed by atoms with van der Waals surface area (Å²) >= 11 is 0. The van der Waals surface area contributed by atoms with Crippen LogP contribution in [0.4, 0.5) is 0 Å². The van der Waals surface area contributed by atoms with Crippen LogP contribution in [0.5, 0.6) is 0 Å². The lowest BCUT2D eigenvalue weighted by atomic mass is 10.1. The third kappa shape index (κ3) is 7.64. The molecule has 13 nitrogen and oxygen atoms in total. The lowest BCUT2D eigenvalue weighted by molar-refractivity contribution is -0.139. The van der Waals surface area contributed by atoms with Gasteiger partial charge < -0.3 is 27.4 Å². The maximum atomic E-state index is 13.3. The fourth-order valence-corrected chi connectivity index (χ4v) is 6.04. The molecular weight excluding hydrogens is 536 g/mol. The summed E-state index contributed by atoms with van der Waals surface area (Å²) in [6.45, 7) is 0.654. The second-order valence-electron chi connectivity index (χ2n) is 9.47. The van der Waals surface area contributed by atoms with Gasteiger partial charge in [-0.3, -0.25) is 30.5 Å². The molecule has 0 saturated carbocycles. The van der Waals surface area contributed by atoms with Crippen molar-refractivity contribution in [2.24, 2.45) is 17.2 Å². The number of likely N-dealkylation sites (tertiary alicyclic amines) is 1. The molecule has 2 aromatic rings. The van der Waals surface area contributed by atoms with Gasteiger partial charge in [0.05, 0.1) is 22.3 Å². The molecule has 214 valence electrons. The maximum Gasteiger partial charge on any atom is 0.259 e. The molecule has 1 fully saturated rings. The molecule has 40 heavy (non-hydrogen) atoms. The van der Waals surface area contributed by atoms with Crippen molar-refractivity contribution in [2.75, 3.05) is 13.1 Å². The van der Waals surface area contributed by atoms with Crippen molar-refractivity contribution in [1.29, 1.82) is 10.8 Å². The number of carbonyl (C=O) groups is 3. The smallest absolute Gasteiger partial charge is 0.259 e. The van der Waals surface area contributed by atoms with Gasteiger partial charge in [0.2, 0.25) is 11.8 Å². The molecule has 1 aliphatic heterocycles. The van der Waals surface area contributed by atoms with E-state index in [9.17, 15) is 22.8 Å². The second kappa shape index (κ2) is 13.2. The van der Waals surface area contributed by atoms with Crippen LogP contribution in [-0.2, 0) is 25.2 Å². The first kappa shape index (κ1) is 30.2. The molecule has 2 aromatic carbocycles. The topological polar surface area (TPSA) is 238 Å². The highest BCUT2D eigenvalue weighted by atomic mass is 32.2. The number of rotatable bonds is 11. The van der Waals surface area contributed by atoms with E-state index in [0.717, 1.165) is 6.07 Å². The average Bonchev–Trinajstić information content (AvgIpc) is 3.40. The Morgan fingerprint density at radius 2 is 1.77 bits per heavy atom. The minimum absolute atomic E-state index is 0.106. The highest BCUT2D eigenvalue weighted by molar-refractivity contribution is 7.90. The molecule has 2 atom stereocenters. The van der Waals surface area contributed by atoms with Crippen LogP contribution in [0.2, 0.25) is 0 Å². The largest absolute Gasteiger partial charge is 0.384 e. The minimum Gasteiger partial charge on any atom is -0.384 e. The van der Waals surface area contributed by atoms with Crippen molar-refractivity contribution in [2.45, 2.75) is 48.4 Å². The average molecular weight is 571 g/mol. The molecule has 10 N–H and O–H groups in total. The SMILES string of the molecule is N=C(N)NCCC[C@@H](N)C(=O)N1CCC[C@H]1C(=O)NC(=O)c1ccc(C(=N)N)cc1S(=O)(=O)Cc1ccccc1. The van der Waals surface area contributed by atoms with Gasteiger partial charge in [0.15, 0.2) is 15.8 Å². The summed E-state index contributed by atoms with van der Waals surface area (Å²) in [5.41, 5.74) is 17.2. The quantitative estimate of drug-likeness (QED) is 0.0816. The lowest BCUT2D eigenvalue weighted by Gasteiger charge is -2.26. The van der Waals surface area contributed by atoms with Gasteiger partial charge in [-0.1, -0.05) is 36.4 Å². The Kier molecular flexibility index (Phi) is 9.96. The van der Waals surface area contributed by atoms with Crippen LogP contribution in [0.25, 0.3) is 0 Å². The van der Waals surface area contributed by atoms with Crippen molar-refractivity contribution >= 4 is 39.4 Å². The molecule has 0 radical (unpaired) electrons. The predicted octanol–water partition coefficient (Wildman–Crippen LogP) is -0.217. The zero-order chi connectivity index (χ0) is 29.4. The number of imide groups is 1. The molecule has 3 amide bonds. The Morgan fingerprint density at radius 3 is 2.42 bits per heavy atom. The Bertz CT molecular complexity index is 1400. The first-order valence-electron chi connectivity index (χ1n) is 12.6. The van der Waals surface area contributed by atoms with Crippen LogP contribution in [0, 0.1) is 10.8 Å². The zero-order valence-corrected chi connectivity index (χ0v) is 22.7. The summed E-state index contributed by atoms with van der Waals surface area (Å²) in [7, 11) is -4.08. The summed E-state index contributed by atoms with van der Waals surface area (Å²) in [4.78, 5) is 40.2. The number of amides is 3. The minimum atomic E-state index is -4.08. The Hall–Kier alpha value is -4.30. The molecule has 3 rings (SSSR count). The van der Waals surface area contributed by atoms with Gasteiger partial charge in [-0.05, 0) is 43.4 Å². The summed E-state index contributed by atoms with van der Waals surface area (Å²) in [6.07, 6.45) is 1.62. The van der Waals surface area contributed by atoms with Crippen molar-refractivity contribution in [3.8, 4) is 0 Å². The molecular formula is C26H34N8O5S. The molecule has 0 aliphatic carbocycles. The van der Waals surface area contributed by atoms with E-state index < -0.39 is 45.4 Å². The molecule has 0 spiro atoms. The lowest BCUT2D eigenvalue weighted by Crippen LogP contribution is -2.52. The molecule has 0 aromatic heterocycles. The number of nitrogens with one attached hydrogen (secondary N) is 4. The van der Waals surface area contributed by atoms with E-state index in [1.165, 1.54) is 17.0 Å². The Balaban J connectivity index is 1.77. The maximum absolute atomic E-state index is 13.3. The van der Waals surface area contributed by atoms with E-state index in [4.69, 9.17) is 28.0 Å². The van der Waals surface area contributed by atoms with Gasteiger partial charge in [0, 0.05) is 18.7 Å². The molecule has 1 saturated heterocycles. The summed E-state index contributed by atoms with van der Waals surface area (Å²) in [6, 6.07) is 10.2. The number of guanidine groups is 1. The number of nitrogen functional groups attached to an aromatic ring is 1. The van der Waals surface area contributed by atoms with Gasteiger partial charge in [-0.2, -0.15) is 0 Å². The van der Waals surface area contributed by atoms with E-state index >= 15 is 0 Å². The number of hydrogen-bond acceptors (Lipinski definition) is 8. The fourth-order valence-electron chi connectivity index (χ4n) is 4.45. The van der Waals surface area contributed by atoms with E-state index in [0.29, 0.717) is 37.8 Å². The molecule has 0 bridgehead atoms. The van der Waals surface area contributed by atoms with Crippen LogP contribution in [0.3, 0.4) is 0 Å². The number of carbonyl (C=O) groups excluding carboxylic acids is 3. The van der Waals surface area contributed by atoms with Crippen LogP contribution in [0.1, 0.15) is 47.2 Å². The summed E-state index contributed by atoms with van der Waals surface area (Å²) < 4.78 is 26.7. The van der Waals surface area contributed by atoms with Gasteiger partial charge >= 0.3 is 0 Å². The number of nitrogens with two attached hydrogens (primary N) is 3. The van der Waals surface area contributed by atoms with E-state index in [1.807, 2.05) is 0 Å². The van der Waals surface area contributed by atoms with Gasteiger partial charge in [-0.25, -0.2) is 8.42 Å². The van der Waals surface area contributed by atoms with Crippen LogP contribution < -0.4 is 27.8 Å². The van der Waals surface area contributed by atoms with Crippen LogP contribution in [-0.4, -0.2) is 68.0 Å². The summed E-state index contributed by atoms with van der Waals surface area (Å²) in [5, 5.41) is 19.7. The van der Waals surface area contributed by atoms with E-state index in [1.54, 1.807) is 30.3 Å². The third-order valence-corrected chi connectivity index (χ3v) is 8.19. The summed E-state index contributed by atoms with van der Waals surface area (Å²) in [5.74, 6) is -3.12. The zero-order valence-electron chi connectivity index (χ0n) is 21.9. The number of benzene rings is 2. The van der Waals surface area contributed by atoms with Gasteiger partial charge in [0.1, 0.15) is 11.9 Å². The van der Waals surface area contributed by atoms with Crippen molar-refractivity contribution in [3.63, 3.8) is 0 Å². The number of sulfone groups is 1. The third-order valence-electron chi connectivity index (χ3n) is 6.47. The molecule has 0 unspecified atom stereocenters. The molecule has 1 aliphatic rings. The standard InChI is InChI=1S/C26H34N8O5S/c27-19(8-4-12-32-26(30)31)25(37)34-13-5-9-20(34)24(36)33-23(35)18-11-10-17(22(28)29)14-21(18)40(38,39)15-16-6-2-1-3-7-16/h1-3,6-7,10-11,14,19-20H,4-5,8-9,12-13,15,27H2,(H3,28,29)(H4,30,31,32)(H,33,35,36)/t19-,20+/m1/s1. The molecule has 14 heteroatoms. The predicted molar refractivity (Wildman–Crippen MR) is 149 cm³/mol.